The third kappa shape index (κ3) is 4.12. The monoisotopic (exact) mass is 345 g/mol. The number of morpholine rings is 1. The summed E-state index contributed by atoms with van der Waals surface area (Å²) in [6, 6.07) is 8.04. The van der Waals surface area contributed by atoms with E-state index in [1.54, 1.807) is 4.90 Å². The van der Waals surface area contributed by atoms with Crippen LogP contribution in [0.3, 0.4) is 0 Å². The Morgan fingerprint density at radius 3 is 2.76 bits per heavy atom. The first-order chi connectivity index (χ1) is 11.9. The Labute approximate surface area is 148 Å². The van der Waals surface area contributed by atoms with E-state index in [9.17, 15) is 9.59 Å². The van der Waals surface area contributed by atoms with Crippen LogP contribution in [0.5, 0.6) is 0 Å². The summed E-state index contributed by atoms with van der Waals surface area (Å²) in [5.41, 5.74) is 2.27. The van der Waals surface area contributed by atoms with E-state index in [1.165, 1.54) is 0 Å². The van der Waals surface area contributed by atoms with Crippen molar-refractivity contribution in [1.82, 2.24) is 15.5 Å². The van der Waals surface area contributed by atoms with Crippen LogP contribution in [-0.4, -0.2) is 48.2 Å². The molecule has 6 nitrogen and oxygen atoms in total. The number of likely N-dealkylation sites (tertiary alicyclic amines) is 1. The van der Waals surface area contributed by atoms with Gasteiger partial charge in [0.25, 0.3) is 0 Å². The highest BCUT2D eigenvalue weighted by Gasteiger charge is 2.45. The molecule has 3 rings (SSSR count). The molecule has 3 unspecified atom stereocenters. The van der Waals surface area contributed by atoms with Crippen molar-refractivity contribution in [3.05, 3.63) is 35.4 Å². The van der Waals surface area contributed by atoms with Crippen LogP contribution in [0, 0.1) is 12.8 Å². The number of carbonyl (C=O) groups is 2. The maximum atomic E-state index is 12.5. The number of benzene rings is 1. The van der Waals surface area contributed by atoms with E-state index in [2.05, 4.69) is 10.6 Å². The van der Waals surface area contributed by atoms with E-state index in [1.807, 2.05) is 45.0 Å². The molecule has 2 bridgehead atoms. The van der Waals surface area contributed by atoms with Crippen LogP contribution in [-0.2, 0) is 16.1 Å². The number of amides is 3. The second-order valence-electron chi connectivity index (χ2n) is 7.29. The van der Waals surface area contributed by atoms with Crippen LogP contribution in [0.4, 0.5) is 4.79 Å². The minimum atomic E-state index is -0.207. The highest BCUT2D eigenvalue weighted by molar-refractivity contribution is 5.80. The SMILES string of the molecule is Cc1ccccc1CNC(=O)N1CC2CC(C(=O)NC(C)C)C(C1)O2. The van der Waals surface area contributed by atoms with E-state index < -0.39 is 0 Å². The van der Waals surface area contributed by atoms with Crippen molar-refractivity contribution in [1.29, 1.82) is 0 Å². The quantitative estimate of drug-likeness (QED) is 0.874. The van der Waals surface area contributed by atoms with Crippen molar-refractivity contribution in [2.24, 2.45) is 5.92 Å². The van der Waals surface area contributed by atoms with Crippen molar-refractivity contribution < 1.29 is 14.3 Å². The Morgan fingerprint density at radius 1 is 1.28 bits per heavy atom. The summed E-state index contributed by atoms with van der Waals surface area (Å²) in [7, 11) is 0. The molecule has 2 fully saturated rings. The Kier molecular flexibility index (Phi) is 5.27. The van der Waals surface area contributed by atoms with Gasteiger partial charge in [-0.2, -0.15) is 0 Å². The van der Waals surface area contributed by atoms with Crippen LogP contribution in [0.1, 0.15) is 31.4 Å². The molecule has 3 atom stereocenters. The molecule has 2 N–H and O–H groups in total. The normalized spacial score (nSPS) is 25.1. The lowest BCUT2D eigenvalue weighted by Crippen LogP contribution is -2.51. The number of aryl methyl sites for hydroxylation is 1. The lowest BCUT2D eigenvalue weighted by atomic mass is 9.99. The summed E-state index contributed by atoms with van der Waals surface area (Å²) in [5, 5.41) is 5.94. The predicted molar refractivity (Wildman–Crippen MR) is 95.0 cm³/mol. The average Bonchev–Trinajstić information content (AvgIpc) is 2.87. The lowest BCUT2D eigenvalue weighted by molar-refractivity contribution is -0.128. The van der Waals surface area contributed by atoms with Gasteiger partial charge in [0.15, 0.2) is 0 Å². The number of ether oxygens (including phenoxy) is 1. The smallest absolute Gasteiger partial charge is 0.317 e. The molecule has 0 spiro atoms. The topological polar surface area (TPSA) is 70.7 Å². The fraction of sp³-hybridized carbons (Fsp3) is 0.579. The van der Waals surface area contributed by atoms with Gasteiger partial charge in [-0.1, -0.05) is 24.3 Å². The highest BCUT2D eigenvalue weighted by Crippen LogP contribution is 2.32. The number of fused-ring (bicyclic) bond motifs is 2. The standard InChI is InChI=1S/C19H27N3O3/c1-12(2)21-18(23)16-8-15-10-22(11-17(16)25-15)19(24)20-9-14-7-5-4-6-13(14)3/h4-7,12,15-17H,8-11H2,1-3H3,(H,20,24)(H,21,23). The number of carbonyl (C=O) groups excluding carboxylic acids is 2. The predicted octanol–water partition coefficient (Wildman–Crippen LogP) is 1.82. The maximum absolute atomic E-state index is 12.5. The van der Waals surface area contributed by atoms with E-state index in [4.69, 9.17) is 4.74 Å². The molecule has 0 aromatic heterocycles. The van der Waals surface area contributed by atoms with Crippen LogP contribution < -0.4 is 10.6 Å². The fourth-order valence-corrected chi connectivity index (χ4v) is 3.58. The summed E-state index contributed by atoms with van der Waals surface area (Å²) < 4.78 is 5.89. The van der Waals surface area contributed by atoms with Gasteiger partial charge in [-0.25, -0.2) is 4.79 Å². The van der Waals surface area contributed by atoms with Gasteiger partial charge in [0.05, 0.1) is 18.1 Å². The first-order valence-corrected chi connectivity index (χ1v) is 8.97. The maximum Gasteiger partial charge on any atom is 0.317 e. The molecule has 2 aliphatic rings. The summed E-state index contributed by atoms with van der Waals surface area (Å²) in [4.78, 5) is 26.6. The molecule has 1 aromatic carbocycles. The zero-order chi connectivity index (χ0) is 18.0. The first-order valence-electron chi connectivity index (χ1n) is 8.97. The number of hydrogen-bond acceptors (Lipinski definition) is 3. The third-order valence-corrected chi connectivity index (χ3v) is 4.90. The van der Waals surface area contributed by atoms with Gasteiger partial charge in [0, 0.05) is 25.7 Å². The summed E-state index contributed by atoms with van der Waals surface area (Å²) in [6.45, 7) is 7.45. The Morgan fingerprint density at radius 2 is 2.04 bits per heavy atom. The Balaban J connectivity index is 1.56. The van der Waals surface area contributed by atoms with Gasteiger partial charge >= 0.3 is 6.03 Å². The van der Waals surface area contributed by atoms with E-state index in [-0.39, 0.29) is 36.1 Å². The number of nitrogens with zero attached hydrogens (tertiary/aromatic N) is 1. The van der Waals surface area contributed by atoms with E-state index >= 15 is 0 Å². The fourth-order valence-electron chi connectivity index (χ4n) is 3.58. The molecule has 0 radical (unpaired) electrons. The molecule has 2 aliphatic heterocycles. The van der Waals surface area contributed by atoms with Gasteiger partial charge in [0.1, 0.15) is 0 Å². The summed E-state index contributed by atoms with van der Waals surface area (Å²) in [6.07, 6.45) is 0.428. The zero-order valence-electron chi connectivity index (χ0n) is 15.1. The van der Waals surface area contributed by atoms with Crippen molar-refractivity contribution in [3.63, 3.8) is 0 Å². The average molecular weight is 345 g/mol. The van der Waals surface area contributed by atoms with Crippen molar-refractivity contribution >= 4 is 11.9 Å². The first kappa shape index (κ1) is 17.7. The van der Waals surface area contributed by atoms with E-state index in [0.29, 0.717) is 26.1 Å². The van der Waals surface area contributed by atoms with Crippen LogP contribution in [0.2, 0.25) is 0 Å². The number of hydrogen-bond donors (Lipinski definition) is 2. The van der Waals surface area contributed by atoms with Crippen molar-refractivity contribution in [3.8, 4) is 0 Å². The molecular weight excluding hydrogens is 318 g/mol. The molecule has 0 aliphatic carbocycles. The molecule has 136 valence electrons. The molecule has 3 amide bonds. The van der Waals surface area contributed by atoms with Crippen molar-refractivity contribution in [2.45, 2.75) is 52.0 Å². The second kappa shape index (κ2) is 7.44. The van der Waals surface area contributed by atoms with Gasteiger partial charge in [-0.15, -0.1) is 0 Å². The molecule has 6 heteroatoms. The molecule has 25 heavy (non-hydrogen) atoms. The number of urea groups is 1. The minimum absolute atomic E-state index is 0.0321. The van der Waals surface area contributed by atoms with Gasteiger partial charge in [-0.05, 0) is 38.3 Å². The second-order valence-corrected chi connectivity index (χ2v) is 7.29. The van der Waals surface area contributed by atoms with Crippen molar-refractivity contribution in [2.75, 3.05) is 13.1 Å². The number of nitrogens with one attached hydrogen (secondary N) is 2. The van der Waals surface area contributed by atoms with Gasteiger partial charge < -0.3 is 20.3 Å². The minimum Gasteiger partial charge on any atom is -0.370 e. The largest absolute Gasteiger partial charge is 0.370 e. The molecule has 0 saturated carbocycles. The highest BCUT2D eigenvalue weighted by atomic mass is 16.5. The molecular formula is C19H27N3O3. The molecule has 1 aromatic rings. The van der Waals surface area contributed by atoms with Crippen LogP contribution >= 0.6 is 0 Å². The third-order valence-electron chi connectivity index (χ3n) is 4.90. The number of rotatable bonds is 4. The van der Waals surface area contributed by atoms with Gasteiger partial charge in [-0.3, -0.25) is 4.79 Å². The van der Waals surface area contributed by atoms with Crippen LogP contribution in [0.25, 0.3) is 0 Å². The van der Waals surface area contributed by atoms with Crippen LogP contribution in [0.15, 0.2) is 24.3 Å². The summed E-state index contributed by atoms with van der Waals surface area (Å²) >= 11 is 0. The Bertz CT molecular complexity index is 647. The Hall–Kier alpha value is -2.08. The van der Waals surface area contributed by atoms with E-state index in [0.717, 1.165) is 11.1 Å². The van der Waals surface area contributed by atoms with Gasteiger partial charge in [0.2, 0.25) is 5.91 Å². The lowest BCUT2D eigenvalue weighted by Gasteiger charge is -2.33. The molecule has 2 heterocycles. The zero-order valence-corrected chi connectivity index (χ0v) is 15.1. The molecule has 2 saturated heterocycles. The summed E-state index contributed by atoms with van der Waals surface area (Å²) in [5.74, 6) is -0.133.